The van der Waals surface area contributed by atoms with Crippen molar-refractivity contribution in [1.82, 2.24) is 26.2 Å². The molecular weight excluding hydrogens is 386 g/mol. The molecule has 0 spiro atoms. The van der Waals surface area contributed by atoms with Crippen molar-refractivity contribution in [2.24, 2.45) is 11.8 Å². The highest BCUT2D eigenvalue weighted by Gasteiger charge is 2.31. The first kappa shape index (κ1) is 28.0. The van der Waals surface area contributed by atoms with Gasteiger partial charge in [-0.2, -0.15) is 0 Å². The van der Waals surface area contributed by atoms with E-state index in [2.05, 4.69) is 21.3 Å². The minimum absolute atomic E-state index is 0.229. The minimum atomic E-state index is -0.763. The van der Waals surface area contributed by atoms with Crippen LogP contribution in [0.4, 0.5) is 0 Å². The first-order valence-corrected chi connectivity index (χ1v) is 10.6. The summed E-state index contributed by atoms with van der Waals surface area (Å²) in [5.41, 5.74) is 0. The van der Waals surface area contributed by atoms with Gasteiger partial charge >= 0.3 is 0 Å². The molecule has 0 aromatic rings. The molecule has 0 heterocycles. The molecule has 30 heavy (non-hydrogen) atoms. The topological polar surface area (TPSA) is 120 Å². The lowest BCUT2D eigenvalue weighted by atomic mass is 10.0. The van der Waals surface area contributed by atoms with Crippen molar-refractivity contribution in [3.63, 3.8) is 0 Å². The fourth-order valence-electron chi connectivity index (χ4n) is 3.18. The Morgan fingerprint density at radius 3 is 1.73 bits per heavy atom. The molecule has 0 aromatic heterocycles. The molecular formula is C21H41N5O4. The molecule has 0 aliphatic heterocycles. The van der Waals surface area contributed by atoms with Gasteiger partial charge in [-0.15, -0.1) is 0 Å². The van der Waals surface area contributed by atoms with E-state index in [-0.39, 0.29) is 17.7 Å². The summed E-state index contributed by atoms with van der Waals surface area (Å²) < 4.78 is 0. The number of nitrogens with one attached hydrogen (secondary N) is 4. The molecule has 0 fully saturated rings. The van der Waals surface area contributed by atoms with Crippen molar-refractivity contribution in [2.45, 2.75) is 78.6 Å². The highest BCUT2D eigenvalue weighted by molar-refractivity contribution is 6.00. The number of nitrogens with zero attached hydrogens (tertiary/aromatic N) is 1. The number of hydrogen-bond donors (Lipinski definition) is 4. The van der Waals surface area contributed by atoms with Crippen molar-refractivity contribution in [2.75, 3.05) is 21.1 Å². The average Bonchev–Trinajstić information content (AvgIpc) is 2.67. The summed E-state index contributed by atoms with van der Waals surface area (Å²) in [5.74, 6) is -0.901. The molecule has 9 nitrogen and oxygen atoms in total. The normalized spacial score (nSPS) is 15.3. The summed E-state index contributed by atoms with van der Waals surface area (Å²) in [4.78, 5) is 51.2. The van der Waals surface area contributed by atoms with E-state index in [1.54, 1.807) is 27.9 Å². The quantitative estimate of drug-likeness (QED) is 0.354. The van der Waals surface area contributed by atoms with Crippen LogP contribution in [0.3, 0.4) is 0 Å². The third-order valence-corrected chi connectivity index (χ3v) is 4.94. The van der Waals surface area contributed by atoms with E-state index in [4.69, 9.17) is 0 Å². The van der Waals surface area contributed by atoms with E-state index in [0.29, 0.717) is 18.8 Å². The van der Waals surface area contributed by atoms with Gasteiger partial charge in [0.15, 0.2) is 0 Å². The maximum Gasteiger partial charge on any atom is 0.243 e. The maximum atomic E-state index is 12.8. The van der Waals surface area contributed by atoms with Gasteiger partial charge in [-0.05, 0) is 45.6 Å². The molecule has 0 aliphatic rings. The Morgan fingerprint density at radius 2 is 1.30 bits per heavy atom. The molecule has 0 saturated heterocycles. The first-order chi connectivity index (χ1) is 13.8. The first-order valence-electron chi connectivity index (χ1n) is 10.6. The van der Waals surface area contributed by atoms with Crippen LogP contribution < -0.4 is 21.3 Å². The van der Waals surface area contributed by atoms with Crippen LogP contribution in [0.1, 0.15) is 54.4 Å². The number of hydrogen-bond acceptors (Lipinski definition) is 6. The summed E-state index contributed by atoms with van der Waals surface area (Å²) >= 11 is 0. The third-order valence-electron chi connectivity index (χ3n) is 4.94. The molecule has 0 saturated carbocycles. The largest absolute Gasteiger partial charge is 0.357 e. The maximum absolute atomic E-state index is 12.8. The van der Waals surface area contributed by atoms with E-state index in [1.807, 2.05) is 27.7 Å². The van der Waals surface area contributed by atoms with Crippen molar-refractivity contribution in [3.8, 4) is 0 Å². The smallest absolute Gasteiger partial charge is 0.243 e. The molecule has 0 aromatic carbocycles. The SMILES string of the molecule is CNC(=O)C(CC(C)C)N(C)C(=O)C(C)NC(C)C(=O)NC(=O)C(CC(C)C)NC. The Balaban J connectivity index is 4.98. The van der Waals surface area contributed by atoms with Gasteiger partial charge in [-0.25, -0.2) is 0 Å². The van der Waals surface area contributed by atoms with Gasteiger partial charge in [-0.3, -0.25) is 29.8 Å². The predicted octanol–water partition coefficient (Wildman–Crippen LogP) is 0.249. The van der Waals surface area contributed by atoms with Gasteiger partial charge in [0, 0.05) is 14.1 Å². The summed E-state index contributed by atoms with van der Waals surface area (Å²) in [5, 5.41) is 10.8. The Labute approximate surface area is 181 Å². The fourth-order valence-corrected chi connectivity index (χ4v) is 3.18. The monoisotopic (exact) mass is 427 g/mol. The van der Waals surface area contributed by atoms with Gasteiger partial charge in [0.2, 0.25) is 23.6 Å². The number of carbonyl (C=O) groups is 4. The summed E-state index contributed by atoms with van der Waals surface area (Å²) in [6.07, 6.45) is 1.13. The highest BCUT2D eigenvalue weighted by Crippen LogP contribution is 2.12. The molecule has 9 heteroatoms. The van der Waals surface area contributed by atoms with Crippen molar-refractivity contribution >= 4 is 23.6 Å². The van der Waals surface area contributed by atoms with Crippen LogP contribution in [0.5, 0.6) is 0 Å². The lowest BCUT2D eigenvalue weighted by Crippen LogP contribution is -2.57. The summed E-state index contributed by atoms with van der Waals surface area (Å²) in [7, 11) is 4.80. The molecule has 4 atom stereocenters. The van der Waals surface area contributed by atoms with Crippen LogP contribution in [0, 0.1) is 11.8 Å². The lowest BCUT2D eigenvalue weighted by Gasteiger charge is -2.31. The van der Waals surface area contributed by atoms with Crippen LogP contribution in [0.25, 0.3) is 0 Å². The van der Waals surface area contributed by atoms with Gasteiger partial charge in [-0.1, -0.05) is 27.7 Å². The van der Waals surface area contributed by atoms with Crippen LogP contribution in [0.2, 0.25) is 0 Å². The van der Waals surface area contributed by atoms with Crippen LogP contribution in [-0.2, 0) is 19.2 Å². The van der Waals surface area contributed by atoms with Crippen molar-refractivity contribution < 1.29 is 19.2 Å². The number of carbonyl (C=O) groups excluding carboxylic acids is 4. The highest BCUT2D eigenvalue weighted by atomic mass is 16.2. The van der Waals surface area contributed by atoms with E-state index in [1.165, 1.54) is 11.9 Å². The fraction of sp³-hybridized carbons (Fsp3) is 0.810. The van der Waals surface area contributed by atoms with Gasteiger partial charge in [0.05, 0.1) is 18.1 Å². The zero-order valence-corrected chi connectivity index (χ0v) is 20.0. The summed E-state index contributed by atoms with van der Waals surface area (Å²) in [6.45, 7) is 11.2. The molecule has 0 radical (unpaired) electrons. The molecule has 0 aliphatic carbocycles. The standard InChI is InChI=1S/C21H41N5O4/c1-12(2)10-16(22-7)19(28)25-18(27)14(5)24-15(6)21(30)26(9)17(11-13(3)4)20(29)23-8/h12-17,22,24H,10-11H2,1-9H3,(H,23,29)(H,25,27,28). The second-order valence-electron chi connectivity index (χ2n) is 8.64. The third kappa shape index (κ3) is 9.21. The molecule has 0 bridgehead atoms. The Morgan fingerprint density at radius 1 is 0.767 bits per heavy atom. The molecule has 4 N–H and O–H groups in total. The number of imide groups is 1. The van der Waals surface area contributed by atoms with E-state index >= 15 is 0 Å². The average molecular weight is 428 g/mol. The zero-order chi connectivity index (χ0) is 23.6. The van der Waals surface area contributed by atoms with Crippen LogP contribution in [-0.4, -0.2) is 73.8 Å². The van der Waals surface area contributed by atoms with Gasteiger partial charge < -0.3 is 15.5 Å². The predicted molar refractivity (Wildman–Crippen MR) is 118 cm³/mol. The van der Waals surface area contributed by atoms with Crippen molar-refractivity contribution in [1.29, 1.82) is 0 Å². The van der Waals surface area contributed by atoms with E-state index in [9.17, 15) is 19.2 Å². The Hall–Kier alpha value is -2.00. The van der Waals surface area contributed by atoms with Crippen molar-refractivity contribution in [3.05, 3.63) is 0 Å². The second kappa shape index (κ2) is 13.3. The van der Waals surface area contributed by atoms with Crippen LogP contribution in [0.15, 0.2) is 0 Å². The summed E-state index contributed by atoms with van der Waals surface area (Å²) in [6, 6.07) is -2.53. The minimum Gasteiger partial charge on any atom is -0.357 e. The number of likely N-dealkylation sites (N-methyl/N-ethyl adjacent to an activating group) is 3. The second-order valence-corrected chi connectivity index (χ2v) is 8.64. The zero-order valence-electron chi connectivity index (χ0n) is 20.0. The molecule has 0 rings (SSSR count). The van der Waals surface area contributed by atoms with E-state index in [0.717, 1.165) is 0 Å². The van der Waals surface area contributed by atoms with Gasteiger partial charge in [0.1, 0.15) is 6.04 Å². The Kier molecular flexibility index (Phi) is 12.4. The van der Waals surface area contributed by atoms with E-state index < -0.39 is 36.0 Å². The molecule has 4 amide bonds. The number of amides is 4. The molecule has 4 unspecified atom stereocenters. The number of rotatable bonds is 12. The molecule has 174 valence electrons. The van der Waals surface area contributed by atoms with Crippen LogP contribution >= 0.6 is 0 Å². The Bertz CT molecular complexity index is 594. The lowest BCUT2D eigenvalue weighted by molar-refractivity contribution is -0.141. The van der Waals surface area contributed by atoms with Gasteiger partial charge in [0.25, 0.3) is 0 Å².